The van der Waals surface area contributed by atoms with Gasteiger partial charge in [0.1, 0.15) is 19.1 Å². The lowest BCUT2D eigenvalue weighted by Crippen LogP contribution is -2.62. The van der Waals surface area contributed by atoms with Crippen molar-refractivity contribution in [1.82, 2.24) is 4.90 Å². The normalized spacial score (nSPS) is 48.4. The molecule has 38 heavy (non-hydrogen) atoms. The molecule has 6 nitrogen and oxygen atoms in total. The highest BCUT2D eigenvalue weighted by Gasteiger charge is 2.66. The van der Waals surface area contributed by atoms with Crippen LogP contribution in [-0.4, -0.2) is 112 Å². The highest BCUT2D eigenvalue weighted by atomic mass is 16.5. The summed E-state index contributed by atoms with van der Waals surface area (Å²) < 4.78 is 14.3. The molecule has 6 heteroatoms. The second-order valence-corrected chi connectivity index (χ2v) is 15.9. The highest BCUT2D eigenvalue weighted by molar-refractivity contribution is 5.66. The molecule has 4 aliphatic carbocycles. The maximum Gasteiger partial charge on any atom is 0.303 e. The number of piperazine rings is 1. The molecule has 0 amide bonds. The van der Waals surface area contributed by atoms with Crippen molar-refractivity contribution in [2.45, 2.75) is 90.3 Å². The molecule has 0 aromatic rings. The van der Waals surface area contributed by atoms with E-state index in [1.54, 1.807) is 6.92 Å². The molecule has 2 heterocycles. The van der Waals surface area contributed by atoms with Crippen LogP contribution in [-0.2, 0) is 14.3 Å². The Balaban J connectivity index is 1.21. The van der Waals surface area contributed by atoms with E-state index in [-0.39, 0.29) is 17.5 Å². The first-order valence-corrected chi connectivity index (χ1v) is 16.1. The third-order valence-electron chi connectivity index (χ3n) is 13.7. The van der Waals surface area contributed by atoms with Gasteiger partial charge in [0.05, 0.1) is 47.4 Å². The smallest absolute Gasteiger partial charge is 0.303 e. The van der Waals surface area contributed by atoms with Gasteiger partial charge >= 0.3 is 5.97 Å². The number of fused-ring (bicyclic) bond motifs is 5. The van der Waals surface area contributed by atoms with Crippen LogP contribution in [0, 0.1) is 34.5 Å². The number of carbonyl (C=O) groups is 1. The molecule has 0 spiro atoms. The second-order valence-electron chi connectivity index (χ2n) is 15.9. The highest BCUT2D eigenvalue weighted by Crippen LogP contribution is 2.67. The van der Waals surface area contributed by atoms with Gasteiger partial charge in [0.2, 0.25) is 0 Å². The van der Waals surface area contributed by atoms with E-state index >= 15 is 0 Å². The maximum atomic E-state index is 12.4. The molecule has 6 aliphatic rings. The molecule has 0 aromatic carbocycles. The van der Waals surface area contributed by atoms with E-state index in [9.17, 15) is 4.79 Å². The fraction of sp³-hybridized carbons (Fsp3) is 0.969. The summed E-state index contributed by atoms with van der Waals surface area (Å²) >= 11 is 0. The molecule has 0 unspecified atom stereocenters. The minimum atomic E-state index is -0.0854. The van der Waals surface area contributed by atoms with Gasteiger partial charge in [-0.1, -0.05) is 13.8 Å². The van der Waals surface area contributed by atoms with Gasteiger partial charge in [-0.05, 0) is 74.0 Å². The predicted octanol–water partition coefficient (Wildman–Crippen LogP) is 4.18. The van der Waals surface area contributed by atoms with Gasteiger partial charge in [-0.2, -0.15) is 0 Å². The van der Waals surface area contributed by atoms with Gasteiger partial charge in [-0.25, -0.2) is 0 Å². The number of hydrogen-bond donors (Lipinski definition) is 0. The predicted molar refractivity (Wildman–Crippen MR) is 150 cm³/mol. The molecule has 2 saturated heterocycles. The molecular formula is C32H57N3O3+2. The van der Waals surface area contributed by atoms with Crippen LogP contribution in [0.4, 0.5) is 0 Å². The first-order chi connectivity index (χ1) is 18.0. The molecule has 216 valence electrons. The van der Waals surface area contributed by atoms with E-state index in [4.69, 9.17) is 9.47 Å². The van der Waals surface area contributed by atoms with Crippen LogP contribution in [0.15, 0.2) is 0 Å². The number of nitrogens with zero attached hydrogens (tertiary/aromatic N) is 3. The minimum Gasteiger partial charge on any atom is -0.456 e. The van der Waals surface area contributed by atoms with E-state index < -0.39 is 0 Å². The van der Waals surface area contributed by atoms with Crippen molar-refractivity contribution in [2.75, 3.05) is 73.6 Å². The zero-order chi connectivity index (χ0) is 26.9. The van der Waals surface area contributed by atoms with Crippen molar-refractivity contribution in [1.29, 1.82) is 0 Å². The van der Waals surface area contributed by atoms with Gasteiger partial charge in [-0.3, -0.25) is 9.69 Å². The number of carbonyl (C=O) groups excluding carboxylic acids is 1. The second kappa shape index (κ2) is 9.70. The van der Waals surface area contributed by atoms with E-state index in [1.165, 1.54) is 82.0 Å². The lowest BCUT2D eigenvalue weighted by atomic mass is 9.45. The van der Waals surface area contributed by atoms with Crippen LogP contribution in [0.25, 0.3) is 0 Å². The molecule has 0 bridgehead atoms. The largest absolute Gasteiger partial charge is 0.456 e. The van der Waals surface area contributed by atoms with Crippen LogP contribution in [0.3, 0.4) is 0 Å². The van der Waals surface area contributed by atoms with E-state index in [0.29, 0.717) is 17.4 Å². The lowest BCUT2D eigenvalue weighted by molar-refractivity contribution is -0.942. The average molecular weight is 532 g/mol. The molecule has 6 rings (SSSR count). The quantitative estimate of drug-likeness (QED) is 0.405. The molecule has 2 aliphatic heterocycles. The summed E-state index contributed by atoms with van der Waals surface area (Å²) in [6.07, 6.45) is 10.9. The summed E-state index contributed by atoms with van der Waals surface area (Å²) in [5.74, 6) is 3.14. The summed E-state index contributed by atoms with van der Waals surface area (Å²) in [7, 11) is 7.21. The summed E-state index contributed by atoms with van der Waals surface area (Å²) in [5.41, 5.74) is 0.620. The van der Waals surface area contributed by atoms with Gasteiger partial charge in [-0.15, -0.1) is 0 Å². The van der Waals surface area contributed by atoms with Crippen molar-refractivity contribution in [3.63, 3.8) is 0 Å². The zero-order valence-corrected chi connectivity index (χ0v) is 25.4. The summed E-state index contributed by atoms with van der Waals surface area (Å²) in [5, 5.41) is 0. The van der Waals surface area contributed by atoms with Crippen LogP contribution in [0.2, 0.25) is 0 Å². The van der Waals surface area contributed by atoms with Crippen LogP contribution >= 0.6 is 0 Å². The fourth-order valence-electron chi connectivity index (χ4n) is 11.0. The Labute approximate surface area is 232 Å². The Bertz CT molecular complexity index is 892. The number of ether oxygens (including phenoxy) is 2. The number of morpholine rings is 1. The molecule has 4 saturated carbocycles. The maximum absolute atomic E-state index is 12.4. The minimum absolute atomic E-state index is 0.0528. The first-order valence-electron chi connectivity index (χ1n) is 16.1. The van der Waals surface area contributed by atoms with Crippen LogP contribution in [0.1, 0.15) is 72.1 Å². The molecular weight excluding hydrogens is 474 g/mol. The molecule has 0 radical (unpaired) electrons. The molecule has 0 N–H and O–H groups in total. The number of quaternary nitrogens is 2. The third kappa shape index (κ3) is 4.48. The van der Waals surface area contributed by atoms with Crippen LogP contribution < -0.4 is 0 Å². The van der Waals surface area contributed by atoms with Crippen molar-refractivity contribution < 1.29 is 23.2 Å². The average Bonchev–Trinajstić information content (AvgIpc) is 3.17. The van der Waals surface area contributed by atoms with Crippen molar-refractivity contribution in [3.05, 3.63) is 0 Å². The van der Waals surface area contributed by atoms with E-state index in [2.05, 4.69) is 39.9 Å². The van der Waals surface area contributed by atoms with Gasteiger partial charge in [0, 0.05) is 37.9 Å². The monoisotopic (exact) mass is 531 g/mol. The Morgan fingerprint density at radius 1 is 0.868 bits per heavy atom. The third-order valence-corrected chi connectivity index (χ3v) is 13.7. The molecule has 0 aromatic heterocycles. The van der Waals surface area contributed by atoms with Gasteiger partial charge in [0.15, 0.2) is 6.10 Å². The van der Waals surface area contributed by atoms with Crippen LogP contribution in [0.5, 0.6) is 0 Å². The Hall–Kier alpha value is -0.690. The number of esters is 1. The van der Waals surface area contributed by atoms with Crippen molar-refractivity contribution in [2.24, 2.45) is 34.5 Å². The number of rotatable bonds is 3. The molecule has 9 atom stereocenters. The Morgan fingerprint density at radius 2 is 1.55 bits per heavy atom. The summed E-state index contributed by atoms with van der Waals surface area (Å²) in [6, 6.07) is 1.23. The lowest BCUT2D eigenvalue weighted by Gasteiger charge is -2.61. The van der Waals surface area contributed by atoms with Gasteiger partial charge in [0.25, 0.3) is 0 Å². The van der Waals surface area contributed by atoms with E-state index in [1.807, 2.05) is 0 Å². The standard InChI is InChI=1S/C32H57N3O3/c1-23(36)38-30-29(35(6)17-19-37-20-18-35)22-28-26-8-7-24-21-25(33-13-15-34(4,5)16-14-33)9-11-31(24,2)27(26)10-12-32(28,30)3/h24-30H,7-22H2,1-6H3/q+2/t24-,25+,26+,27-,28-,29-,30-,31-,32-/m0/s1. The van der Waals surface area contributed by atoms with Crippen molar-refractivity contribution in [3.8, 4) is 0 Å². The number of hydrogen-bond acceptors (Lipinski definition) is 4. The van der Waals surface area contributed by atoms with E-state index in [0.717, 1.165) is 54.6 Å². The number of likely N-dealkylation sites (N-methyl/N-ethyl adjacent to an activating group) is 2. The molecule has 6 fully saturated rings. The zero-order valence-electron chi connectivity index (χ0n) is 25.4. The van der Waals surface area contributed by atoms with Gasteiger partial charge < -0.3 is 18.4 Å². The first kappa shape index (κ1) is 27.5. The Kier molecular flexibility index (Phi) is 7.02. The Morgan fingerprint density at radius 3 is 2.24 bits per heavy atom. The summed E-state index contributed by atoms with van der Waals surface area (Å²) in [4.78, 5) is 15.3. The SMILES string of the molecule is CC(=O)O[C@H]1[C@@H]([N+]2(C)CCOCC2)C[C@H]2[C@@H]3CC[C@H]4C[C@H](N5CC[N+](C)(C)CC5)CC[C@]4(C)[C@H]3CC[C@@]21C. The summed E-state index contributed by atoms with van der Waals surface area (Å²) in [6.45, 7) is 15.8. The topological polar surface area (TPSA) is 38.8 Å². The van der Waals surface area contributed by atoms with Crippen molar-refractivity contribution >= 4 is 5.97 Å². The fourth-order valence-corrected chi connectivity index (χ4v) is 11.0.